The monoisotopic (exact) mass is 405 g/mol. The minimum atomic E-state index is -0.480. The molecule has 1 aliphatic heterocycles. The van der Waals surface area contributed by atoms with Gasteiger partial charge in [-0.3, -0.25) is 14.5 Å². The summed E-state index contributed by atoms with van der Waals surface area (Å²) in [7, 11) is 0. The first-order chi connectivity index (χ1) is 14.6. The number of rotatable bonds is 6. The molecule has 2 heterocycles. The number of carbonyl (C=O) groups is 2. The fourth-order valence-electron chi connectivity index (χ4n) is 3.40. The standard InChI is InChI=1S/C23H23N3O4/c24-22(27)17-3-7-19(8-4-17)30-20-9-5-18(6-10-20)23(28)26-13-11-25(12-14-26)16-21-2-1-15-29-21/h1-10,15H,11-14,16H2,(H2,24,27). The molecule has 1 fully saturated rings. The fourth-order valence-corrected chi connectivity index (χ4v) is 3.40. The molecule has 2 amide bonds. The van der Waals surface area contributed by atoms with Crippen molar-refractivity contribution in [2.24, 2.45) is 5.73 Å². The Morgan fingerprint density at radius 2 is 1.47 bits per heavy atom. The quantitative estimate of drug-likeness (QED) is 0.681. The molecule has 2 N–H and O–H groups in total. The Hall–Kier alpha value is -3.58. The number of amides is 2. The number of hydrogen-bond acceptors (Lipinski definition) is 5. The maximum absolute atomic E-state index is 12.8. The molecule has 0 aliphatic carbocycles. The SMILES string of the molecule is NC(=O)c1ccc(Oc2ccc(C(=O)N3CCN(Cc4ccco4)CC3)cc2)cc1. The van der Waals surface area contributed by atoms with E-state index in [4.69, 9.17) is 14.9 Å². The second-order valence-corrected chi connectivity index (χ2v) is 7.16. The van der Waals surface area contributed by atoms with Crippen LogP contribution in [0.25, 0.3) is 0 Å². The number of furan rings is 1. The van der Waals surface area contributed by atoms with Crippen molar-refractivity contribution in [2.75, 3.05) is 26.2 Å². The lowest BCUT2D eigenvalue weighted by molar-refractivity contribution is 0.0620. The molecule has 0 bridgehead atoms. The maximum atomic E-state index is 12.8. The molecule has 0 saturated carbocycles. The Morgan fingerprint density at radius 3 is 2.00 bits per heavy atom. The van der Waals surface area contributed by atoms with E-state index in [1.165, 1.54) is 0 Å². The van der Waals surface area contributed by atoms with Crippen molar-refractivity contribution >= 4 is 11.8 Å². The van der Waals surface area contributed by atoms with Gasteiger partial charge >= 0.3 is 0 Å². The van der Waals surface area contributed by atoms with E-state index in [1.54, 1.807) is 54.8 Å². The molecule has 3 aromatic rings. The third-order valence-electron chi connectivity index (χ3n) is 5.09. The third kappa shape index (κ3) is 4.69. The molecule has 7 nitrogen and oxygen atoms in total. The van der Waals surface area contributed by atoms with Crippen LogP contribution in [0.2, 0.25) is 0 Å². The van der Waals surface area contributed by atoms with E-state index in [2.05, 4.69) is 4.90 Å². The smallest absolute Gasteiger partial charge is 0.253 e. The Bertz CT molecular complexity index is 990. The lowest BCUT2D eigenvalue weighted by Crippen LogP contribution is -2.48. The van der Waals surface area contributed by atoms with E-state index in [-0.39, 0.29) is 5.91 Å². The highest BCUT2D eigenvalue weighted by Crippen LogP contribution is 2.23. The predicted octanol–water partition coefficient (Wildman–Crippen LogP) is 3.13. The summed E-state index contributed by atoms with van der Waals surface area (Å²) in [5, 5.41) is 0. The first-order valence-corrected chi connectivity index (χ1v) is 9.80. The molecule has 7 heteroatoms. The van der Waals surface area contributed by atoms with Gasteiger partial charge in [0.05, 0.1) is 12.8 Å². The number of nitrogens with two attached hydrogens (primary N) is 1. The zero-order valence-corrected chi connectivity index (χ0v) is 16.5. The highest BCUT2D eigenvalue weighted by molar-refractivity contribution is 5.94. The van der Waals surface area contributed by atoms with Gasteiger partial charge in [0, 0.05) is 37.3 Å². The zero-order valence-electron chi connectivity index (χ0n) is 16.5. The largest absolute Gasteiger partial charge is 0.468 e. The van der Waals surface area contributed by atoms with Gasteiger partial charge in [-0.05, 0) is 60.7 Å². The number of piperazine rings is 1. The van der Waals surface area contributed by atoms with Crippen LogP contribution in [-0.2, 0) is 6.54 Å². The fraction of sp³-hybridized carbons (Fsp3) is 0.217. The summed E-state index contributed by atoms with van der Waals surface area (Å²) in [6, 6.07) is 17.5. The van der Waals surface area contributed by atoms with E-state index in [0.29, 0.717) is 35.7 Å². The lowest BCUT2D eigenvalue weighted by atomic mass is 10.1. The first-order valence-electron chi connectivity index (χ1n) is 9.80. The highest BCUT2D eigenvalue weighted by atomic mass is 16.5. The highest BCUT2D eigenvalue weighted by Gasteiger charge is 2.22. The summed E-state index contributed by atoms with van der Waals surface area (Å²) < 4.78 is 11.2. The van der Waals surface area contributed by atoms with Crippen molar-refractivity contribution in [2.45, 2.75) is 6.54 Å². The van der Waals surface area contributed by atoms with Crippen molar-refractivity contribution in [1.29, 1.82) is 0 Å². The second kappa shape index (κ2) is 8.84. The van der Waals surface area contributed by atoms with Gasteiger partial charge in [0.25, 0.3) is 5.91 Å². The van der Waals surface area contributed by atoms with Crippen molar-refractivity contribution in [3.8, 4) is 11.5 Å². The van der Waals surface area contributed by atoms with Gasteiger partial charge in [-0.15, -0.1) is 0 Å². The van der Waals surface area contributed by atoms with Crippen molar-refractivity contribution in [3.05, 3.63) is 83.8 Å². The number of hydrogen-bond donors (Lipinski definition) is 1. The number of nitrogens with zero attached hydrogens (tertiary/aromatic N) is 2. The van der Waals surface area contributed by atoms with Gasteiger partial charge in [-0.25, -0.2) is 0 Å². The summed E-state index contributed by atoms with van der Waals surface area (Å²) in [4.78, 5) is 28.1. The first kappa shape index (κ1) is 19.7. The number of ether oxygens (including phenoxy) is 1. The summed E-state index contributed by atoms with van der Waals surface area (Å²) in [6.07, 6.45) is 1.68. The number of benzene rings is 2. The summed E-state index contributed by atoms with van der Waals surface area (Å²) in [5.74, 6) is 1.68. The molecule has 1 saturated heterocycles. The molecule has 0 radical (unpaired) electrons. The van der Waals surface area contributed by atoms with Gasteiger partial charge in [0.1, 0.15) is 17.3 Å². The average molecular weight is 405 g/mol. The van der Waals surface area contributed by atoms with Crippen LogP contribution in [0.3, 0.4) is 0 Å². The molecule has 154 valence electrons. The van der Waals surface area contributed by atoms with E-state index in [1.807, 2.05) is 17.0 Å². The van der Waals surface area contributed by atoms with Crippen molar-refractivity contribution in [1.82, 2.24) is 9.80 Å². The summed E-state index contributed by atoms with van der Waals surface area (Å²) >= 11 is 0. The van der Waals surface area contributed by atoms with E-state index >= 15 is 0 Å². The maximum Gasteiger partial charge on any atom is 0.253 e. The van der Waals surface area contributed by atoms with Crippen LogP contribution in [0.4, 0.5) is 0 Å². The minimum absolute atomic E-state index is 0.0185. The van der Waals surface area contributed by atoms with Gasteiger partial charge in [-0.1, -0.05) is 0 Å². The van der Waals surface area contributed by atoms with Crippen LogP contribution in [-0.4, -0.2) is 47.8 Å². The molecular weight excluding hydrogens is 382 g/mol. The zero-order chi connectivity index (χ0) is 20.9. The van der Waals surface area contributed by atoms with Crippen LogP contribution < -0.4 is 10.5 Å². The molecule has 0 spiro atoms. The van der Waals surface area contributed by atoms with Crippen LogP contribution in [0.1, 0.15) is 26.5 Å². The molecule has 0 atom stereocenters. The number of primary amides is 1. The molecule has 30 heavy (non-hydrogen) atoms. The topological polar surface area (TPSA) is 89.0 Å². The van der Waals surface area contributed by atoms with Crippen molar-refractivity contribution < 1.29 is 18.7 Å². The second-order valence-electron chi connectivity index (χ2n) is 7.16. The summed E-state index contributed by atoms with van der Waals surface area (Å²) in [5.41, 5.74) is 6.29. The molecule has 1 aliphatic rings. The Labute approximate surface area is 174 Å². The average Bonchev–Trinajstić information content (AvgIpc) is 3.28. The predicted molar refractivity (Wildman–Crippen MR) is 111 cm³/mol. The Kier molecular flexibility index (Phi) is 5.81. The molecule has 1 aromatic heterocycles. The van der Waals surface area contributed by atoms with Crippen LogP contribution in [0, 0.1) is 0 Å². The Balaban J connectivity index is 1.31. The van der Waals surface area contributed by atoms with Gasteiger partial charge < -0.3 is 19.8 Å². The van der Waals surface area contributed by atoms with Crippen LogP contribution in [0.5, 0.6) is 11.5 Å². The van der Waals surface area contributed by atoms with Gasteiger partial charge in [0.2, 0.25) is 5.91 Å². The van der Waals surface area contributed by atoms with Gasteiger partial charge in [0.15, 0.2) is 0 Å². The Morgan fingerprint density at radius 1 is 0.867 bits per heavy atom. The van der Waals surface area contributed by atoms with Gasteiger partial charge in [-0.2, -0.15) is 0 Å². The normalized spacial score (nSPS) is 14.5. The molecular formula is C23H23N3O4. The van der Waals surface area contributed by atoms with E-state index in [0.717, 1.165) is 25.4 Å². The number of carbonyl (C=O) groups excluding carboxylic acids is 2. The molecule has 0 unspecified atom stereocenters. The van der Waals surface area contributed by atoms with Crippen LogP contribution in [0.15, 0.2) is 71.3 Å². The third-order valence-corrected chi connectivity index (χ3v) is 5.09. The minimum Gasteiger partial charge on any atom is -0.468 e. The lowest BCUT2D eigenvalue weighted by Gasteiger charge is -2.34. The van der Waals surface area contributed by atoms with E-state index < -0.39 is 5.91 Å². The van der Waals surface area contributed by atoms with Crippen LogP contribution >= 0.6 is 0 Å². The summed E-state index contributed by atoms with van der Waals surface area (Å²) in [6.45, 7) is 3.76. The van der Waals surface area contributed by atoms with E-state index in [9.17, 15) is 9.59 Å². The molecule has 2 aromatic carbocycles. The molecule has 4 rings (SSSR count). The van der Waals surface area contributed by atoms with Crippen molar-refractivity contribution in [3.63, 3.8) is 0 Å².